The number of hydrogen-bond donors (Lipinski definition) is 1. The van der Waals surface area contributed by atoms with E-state index in [1.54, 1.807) is 6.20 Å². The lowest BCUT2D eigenvalue weighted by atomic mass is 10.2. The van der Waals surface area contributed by atoms with Crippen LogP contribution in [0.15, 0.2) is 35.7 Å². The summed E-state index contributed by atoms with van der Waals surface area (Å²) in [5.74, 6) is -1.29. The van der Waals surface area contributed by atoms with Crippen molar-refractivity contribution in [3.05, 3.63) is 41.4 Å². The number of rotatable bonds is 3. The molecule has 6 nitrogen and oxygen atoms in total. The number of benzene rings is 1. The fourth-order valence-corrected chi connectivity index (χ4v) is 2.72. The zero-order valence-corrected chi connectivity index (χ0v) is 11.3. The lowest BCUT2D eigenvalue weighted by Gasteiger charge is -2.11. The van der Waals surface area contributed by atoms with Crippen molar-refractivity contribution in [1.82, 2.24) is 9.55 Å². The van der Waals surface area contributed by atoms with Crippen molar-refractivity contribution in [2.24, 2.45) is 0 Å². The molecule has 0 aliphatic heterocycles. The third-order valence-corrected chi connectivity index (χ3v) is 3.90. The third-order valence-electron chi connectivity index (χ3n) is 2.46. The first-order chi connectivity index (χ1) is 8.80. The number of carboxylic acids is 1. The van der Waals surface area contributed by atoms with Crippen LogP contribution in [-0.4, -0.2) is 35.3 Å². The SMILES string of the molecule is CS(=O)(=O)c1cc(C(=O)O)c(Cl)cc1-n1ccnc1. The van der Waals surface area contributed by atoms with Crippen LogP contribution in [0.1, 0.15) is 10.4 Å². The van der Waals surface area contributed by atoms with Crippen molar-refractivity contribution >= 4 is 27.4 Å². The maximum Gasteiger partial charge on any atom is 0.337 e. The molecule has 0 unspecified atom stereocenters. The molecule has 100 valence electrons. The fourth-order valence-electron chi connectivity index (χ4n) is 1.61. The van der Waals surface area contributed by atoms with E-state index in [0.29, 0.717) is 0 Å². The molecular formula is C11H9ClN2O4S. The average molecular weight is 301 g/mol. The van der Waals surface area contributed by atoms with E-state index in [1.165, 1.54) is 23.2 Å². The molecule has 1 aromatic carbocycles. The second kappa shape index (κ2) is 4.67. The monoisotopic (exact) mass is 300 g/mol. The van der Waals surface area contributed by atoms with Gasteiger partial charge < -0.3 is 9.67 Å². The third kappa shape index (κ3) is 2.61. The Kier molecular flexibility index (Phi) is 3.34. The van der Waals surface area contributed by atoms with E-state index in [9.17, 15) is 13.2 Å². The molecule has 8 heteroatoms. The van der Waals surface area contributed by atoms with E-state index in [-0.39, 0.29) is 21.2 Å². The Balaban J connectivity index is 2.81. The first kappa shape index (κ1) is 13.6. The predicted octanol–water partition coefficient (Wildman–Crippen LogP) is 1.63. The number of nitrogens with zero attached hydrogens (tertiary/aromatic N) is 2. The van der Waals surface area contributed by atoms with Crippen LogP contribution in [0, 0.1) is 0 Å². The number of hydrogen-bond acceptors (Lipinski definition) is 4. The summed E-state index contributed by atoms with van der Waals surface area (Å²) < 4.78 is 25.0. The number of sulfone groups is 1. The molecule has 0 amide bonds. The van der Waals surface area contributed by atoms with Crippen LogP contribution >= 0.6 is 11.6 Å². The minimum Gasteiger partial charge on any atom is -0.478 e. The zero-order valence-electron chi connectivity index (χ0n) is 9.74. The van der Waals surface area contributed by atoms with Gasteiger partial charge in [0.1, 0.15) is 0 Å². The van der Waals surface area contributed by atoms with E-state index in [2.05, 4.69) is 4.98 Å². The van der Waals surface area contributed by atoms with Gasteiger partial charge in [0.15, 0.2) is 9.84 Å². The van der Waals surface area contributed by atoms with Crippen molar-refractivity contribution in [3.8, 4) is 5.69 Å². The number of carbonyl (C=O) groups is 1. The number of imidazole rings is 1. The molecule has 1 N–H and O–H groups in total. The summed E-state index contributed by atoms with van der Waals surface area (Å²) in [6.45, 7) is 0. The quantitative estimate of drug-likeness (QED) is 0.930. The van der Waals surface area contributed by atoms with E-state index in [4.69, 9.17) is 16.7 Å². The first-order valence-corrected chi connectivity index (χ1v) is 7.33. The molecule has 2 rings (SSSR count). The van der Waals surface area contributed by atoms with Crippen LogP contribution in [0.25, 0.3) is 5.69 Å². The molecular weight excluding hydrogens is 292 g/mol. The van der Waals surface area contributed by atoms with Gasteiger partial charge in [0, 0.05) is 18.6 Å². The minimum absolute atomic E-state index is 0.0383. The summed E-state index contributed by atoms with van der Waals surface area (Å²) in [7, 11) is -3.60. The molecule has 1 heterocycles. The van der Waals surface area contributed by atoms with Gasteiger partial charge >= 0.3 is 5.97 Å². The van der Waals surface area contributed by atoms with Crippen LogP contribution in [0.5, 0.6) is 0 Å². The molecule has 0 aliphatic rings. The molecule has 0 atom stereocenters. The summed E-state index contributed by atoms with van der Waals surface area (Å²) in [4.78, 5) is 14.7. The standard InChI is InChI=1S/C11H9ClN2O4S/c1-19(17,18)10-4-7(11(15)16)8(12)5-9(10)14-3-2-13-6-14/h2-6H,1H3,(H,15,16). The lowest BCUT2D eigenvalue weighted by Crippen LogP contribution is -2.08. The second-order valence-electron chi connectivity index (χ2n) is 3.85. The van der Waals surface area contributed by atoms with Crippen molar-refractivity contribution in [3.63, 3.8) is 0 Å². The maximum atomic E-state index is 11.8. The smallest absolute Gasteiger partial charge is 0.337 e. The summed E-state index contributed by atoms with van der Waals surface area (Å²) >= 11 is 5.85. The molecule has 0 radical (unpaired) electrons. The van der Waals surface area contributed by atoms with Gasteiger partial charge in [-0.1, -0.05) is 11.6 Å². The van der Waals surface area contributed by atoms with Crippen LogP contribution in [0.4, 0.5) is 0 Å². The van der Waals surface area contributed by atoms with Gasteiger partial charge in [0.25, 0.3) is 0 Å². The first-order valence-electron chi connectivity index (χ1n) is 5.06. The largest absolute Gasteiger partial charge is 0.478 e. The van der Waals surface area contributed by atoms with Crippen molar-refractivity contribution in [2.45, 2.75) is 4.90 Å². The van der Waals surface area contributed by atoms with E-state index >= 15 is 0 Å². The molecule has 0 spiro atoms. The highest BCUT2D eigenvalue weighted by Gasteiger charge is 2.20. The topological polar surface area (TPSA) is 89.3 Å². The number of carboxylic acid groups (broad SMARTS) is 1. The van der Waals surface area contributed by atoms with Crippen LogP contribution in [-0.2, 0) is 9.84 Å². The van der Waals surface area contributed by atoms with Gasteiger partial charge in [-0.15, -0.1) is 0 Å². The van der Waals surface area contributed by atoms with Crippen LogP contribution in [0.2, 0.25) is 5.02 Å². The lowest BCUT2D eigenvalue weighted by molar-refractivity contribution is 0.0697. The molecule has 0 saturated heterocycles. The molecule has 0 fully saturated rings. The minimum atomic E-state index is -3.60. The maximum absolute atomic E-state index is 11.8. The molecule has 0 aliphatic carbocycles. The van der Waals surface area contributed by atoms with Gasteiger partial charge in [-0.2, -0.15) is 0 Å². The molecule has 2 aromatic rings. The van der Waals surface area contributed by atoms with Gasteiger partial charge in [-0.05, 0) is 12.1 Å². The normalized spacial score (nSPS) is 11.5. The Morgan fingerprint density at radius 2 is 2.11 bits per heavy atom. The predicted molar refractivity (Wildman–Crippen MR) is 68.6 cm³/mol. The molecule has 19 heavy (non-hydrogen) atoms. The summed E-state index contributed by atoms with van der Waals surface area (Å²) in [6.07, 6.45) is 5.43. The number of aromatic carboxylic acids is 1. The number of aromatic nitrogens is 2. The fraction of sp³-hybridized carbons (Fsp3) is 0.0909. The van der Waals surface area contributed by atoms with Gasteiger partial charge in [0.05, 0.1) is 27.5 Å². The summed E-state index contributed by atoms with van der Waals surface area (Å²) in [5, 5.41) is 8.94. The number of halogens is 1. The Labute approximate surface area is 114 Å². The van der Waals surface area contributed by atoms with Crippen LogP contribution in [0.3, 0.4) is 0 Å². The van der Waals surface area contributed by atoms with Gasteiger partial charge in [0.2, 0.25) is 0 Å². The summed E-state index contributed by atoms with van der Waals surface area (Å²) in [5.41, 5.74) is 0.000886. The van der Waals surface area contributed by atoms with E-state index in [1.807, 2.05) is 0 Å². The summed E-state index contributed by atoms with van der Waals surface area (Å²) in [6, 6.07) is 2.35. The second-order valence-corrected chi connectivity index (χ2v) is 6.24. The average Bonchev–Trinajstić information content (AvgIpc) is 2.79. The molecule has 0 saturated carbocycles. The van der Waals surface area contributed by atoms with Crippen molar-refractivity contribution in [1.29, 1.82) is 0 Å². The van der Waals surface area contributed by atoms with Crippen LogP contribution < -0.4 is 0 Å². The highest BCUT2D eigenvalue weighted by molar-refractivity contribution is 7.90. The molecule has 1 aromatic heterocycles. The highest BCUT2D eigenvalue weighted by atomic mass is 35.5. The highest BCUT2D eigenvalue weighted by Crippen LogP contribution is 2.27. The zero-order chi connectivity index (χ0) is 14.2. The Bertz CT molecular complexity index is 738. The van der Waals surface area contributed by atoms with Gasteiger partial charge in [-0.3, -0.25) is 0 Å². The van der Waals surface area contributed by atoms with Gasteiger partial charge in [-0.25, -0.2) is 18.2 Å². The Morgan fingerprint density at radius 3 is 2.58 bits per heavy atom. The van der Waals surface area contributed by atoms with Crippen molar-refractivity contribution in [2.75, 3.05) is 6.26 Å². The van der Waals surface area contributed by atoms with E-state index < -0.39 is 15.8 Å². The van der Waals surface area contributed by atoms with E-state index in [0.717, 1.165) is 12.3 Å². The Hall–Kier alpha value is -1.86. The molecule has 0 bridgehead atoms. The van der Waals surface area contributed by atoms with Crippen molar-refractivity contribution < 1.29 is 18.3 Å². The Morgan fingerprint density at radius 1 is 1.42 bits per heavy atom.